The van der Waals surface area contributed by atoms with Crippen LogP contribution in [0.25, 0.3) is 16.3 Å². The van der Waals surface area contributed by atoms with E-state index in [9.17, 15) is 4.79 Å². The van der Waals surface area contributed by atoms with Crippen molar-refractivity contribution in [2.45, 2.75) is 13.8 Å². The molecule has 2 N–H and O–H groups in total. The molecule has 4 heteroatoms. The van der Waals surface area contributed by atoms with E-state index in [2.05, 4.69) is 33.5 Å². The Morgan fingerprint density at radius 1 is 1.27 bits per heavy atom. The maximum Gasteiger partial charge on any atom is 0.221 e. The lowest BCUT2D eigenvalue weighted by molar-refractivity contribution is -0.114. The lowest BCUT2D eigenvalue weighted by atomic mass is 9.96. The summed E-state index contributed by atoms with van der Waals surface area (Å²) in [6, 6.07) is 12.1. The Kier molecular flexibility index (Phi) is 3.74. The lowest BCUT2D eigenvalue weighted by Crippen LogP contribution is -2.05. The van der Waals surface area contributed by atoms with E-state index in [1.807, 2.05) is 37.4 Å². The van der Waals surface area contributed by atoms with Crippen molar-refractivity contribution in [1.82, 2.24) is 9.97 Å². The number of carbonyl (C=O) groups is 1. The molecule has 0 radical (unpaired) electrons. The average molecular weight is 291 g/mol. The smallest absolute Gasteiger partial charge is 0.221 e. The van der Waals surface area contributed by atoms with Gasteiger partial charge in [0, 0.05) is 18.2 Å². The van der Waals surface area contributed by atoms with E-state index in [1.165, 1.54) is 6.92 Å². The zero-order valence-corrected chi connectivity index (χ0v) is 12.6. The SMILES string of the molecule is CC=C(c1cnc[nH]1)c1cccc2ccc(NC(C)=O)cc12. The number of carbonyl (C=O) groups excluding carboxylic acids is 1. The summed E-state index contributed by atoms with van der Waals surface area (Å²) in [4.78, 5) is 18.5. The van der Waals surface area contributed by atoms with E-state index in [0.29, 0.717) is 0 Å². The lowest BCUT2D eigenvalue weighted by Gasteiger charge is -2.11. The van der Waals surface area contributed by atoms with E-state index >= 15 is 0 Å². The van der Waals surface area contributed by atoms with Crippen molar-refractivity contribution in [3.8, 4) is 0 Å². The fraction of sp³-hybridized carbons (Fsp3) is 0.111. The number of benzene rings is 2. The van der Waals surface area contributed by atoms with Gasteiger partial charge in [-0.2, -0.15) is 0 Å². The van der Waals surface area contributed by atoms with Crippen LogP contribution in [-0.2, 0) is 4.79 Å². The molecular weight excluding hydrogens is 274 g/mol. The number of hydrogen-bond donors (Lipinski definition) is 2. The molecule has 0 aliphatic heterocycles. The van der Waals surface area contributed by atoms with Gasteiger partial charge in [0.1, 0.15) is 0 Å². The van der Waals surface area contributed by atoms with Crippen molar-refractivity contribution in [3.05, 3.63) is 66.3 Å². The van der Waals surface area contributed by atoms with Crippen LogP contribution in [0.5, 0.6) is 0 Å². The van der Waals surface area contributed by atoms with Crippen LogP contribution in [0, 0.1) is 0 Å². The average Bonchev–Trinajstić information content (AvgIpc) is 3.02. The minimum atomic E-state index is -0.0725. The van der Waals surface area contributed by atoms with Crippen LogP contribution in [0.2, 0.25) is 0 Å². The Balaban J connectivity index is 2.18. The molecule has 0 fully saturated rings. The van der Waals surface area contributed by atoms with Gasteiger partial charge in [0.05, 0.1) is 18.2 Å². The normalized spacial score (nSPS) is 11.6. The zero-order valence-electron chi connectivity index (χ0n) is 12.6. The van der Waals surface area contributed by atoms with Crippen molar-refractivity contribution in [2.75, 3.05) is 5.32 Å². The molecular formula is C18H17N3O. The first-order chi connectivity index (χ1) is 10.7. The largest absolute Gasteiger partial charge is 0.345 e. The second-order valence-corrected chi connectivity index (χ2v) is 5.09. The maximum absolute atomic E-state index is 11.3. The molecule has 0 saturated carbocycles. The van der Waals surface area contributed by atoms with Gasteiger partial charge in [-0.15, -0.1) is 0 Å². The molecule has 0 unspecified atom stereocenters. The molecule has 3 rings (SSSR count). The standard InChI is InChI=1S/C18H17N3O/c1-3-15(18-10-19-11-20-18)16-6-4-5-13-7-8-14(9-17(13)16)21-12(2)22/h3-11H,1-2H3,(H,19,20)(H,21,22). The minimum Gasteiger partial charge on any atom is -0.345 e. The summed E-state index contributed by atoms with van der Waals surface area (Å²) >= 11 is 0. The third kappa shape index (κ3) is 2.63. The van der Waals surface area contributed by atoms with Gasteiger partial charge in [-0.1, -0.05) is 30.3 Å². The highest BCUT2D eigenvalue weighted by molar-refractivity contribution is 6.00. The van der Waals surface area contributed by atoms with Crippen molar-refractivity contribution in [2.24, 2.45) is 0 Å². The van der Waals surface area contributed by atoms with Gasteiger partial charge in [0.15, 0.2) is 0 Å². The van der Waals surface area contributed by atoms with Gasteiger partial charge in [-0.3, -0.25) is 4.79 Å². The highest BCUT2D eigenvalue weighted by Crippen LogP contribution is 2.30. The number of nitrogens with zero attached hydrogens (tertiary/aromatic N) is 1. The Morgan fingerprint density at radius 2 is 2.14 bits per heavy atom. The summed E-state index contributed by atoms with van der Waals surface area (Å²) in [6.07, 6.45) is 5.55. The van der Waals surface area contributed by atoms with Crippen molar-refractivity contribution in [1.29, 1.82) is 0 Å². The summed E-state index contributed by atoms with van der Waals surface area (Å²) < 4.78 is 0. The number of nitrogens with one attached hydrogen (secondary N) is 2. The molecule has 3 aromatic rings. The molecule has 0 spiro atoms. The van der Waals surface area contributed by atoms with Gasteiger partial charge in [0.2, 0.25) is 5.91 Å². The fourth-order valence-electron chi connectivity index (χ4n) is 2.65. The first-order valence-corrected chi connectivity index (χ1v) is 7.15. The highest BCUT2D eigenvalue weighted by Gasteiger charge is 2.10. The number of aromatic amines is 1. The third-order valence-corrected chi connectivity index (χ3v) is 3.57. The van der Waals surface area contributed by atoms with Crippen LogP contribution in [0.3, 0.4) is 0 Å². The molecule has 0 aliphatic carbocycles. The van der Waals surface area contributed by atoms with Crippen LogP contribution >= 0.6 is 0 Å². The van der Waals surface area contributed by atoms with Gasteiger partial charge >= 0.3 is 0 Å². The Labute approximate surface area is 128 Å². The van der Waals surface area contributed by atoms with Gasteiger partial charge in [-0.25, -0.2) is 4.98 Å². The summed E-state index contributed by atoms with van der Waals surface area (Å²) in [6.45, 7) is 3.52. The first-order valence-electron chi connectivity index (χ1n) is 7.15. The van der Waals surface area contributed by atoms with Crippen LogP contribution < -0.4 is 5.32 Å². The zero-order chi connectivity index (χ0) is 15.5. The van der Waals surface area contributed by atoms with Crippen LogP contribution in [0.1, 0.15) is 25.1 Å². The minimum absolute atomic E-state index is 0.0725. The summed E-state index contributed by atoms with van der Waals surface area (Å²) in [5.74, 6) is -0.0725. The number of rotatable bonds is 3. The number of fused-ring (bicyclic) bond motifs is 1. The molecule has 4 nitrogen and oxygen atoms in total. The van der Waals surface area contributed by atoms with E-state index in [4.69, 9.17) is 0 Å². The van der Waals surface area contributed by atoms with Crippen LogP contribution in [0.4, 0.5) is 5.69 Å². The highest BCUT2D eigenvalue weighted by atomic mass is 16.1. The van der Waals surface area contributed by atoms with E-state index in [-0.39, 0.29) is 5.91 Å². The topological polar surface area (TPSA) is 57.8 Å². The molecule has 0 aliphatic rings. The summed E-state index contributed by atoms with van der Waals surface area (Å²) in [5.41, 5.74) is 3.96. The number of amides is 1. The number of H-pyrrole nitrogens is 1. The molecule has 2 aromatic carbocycles. The van der Waals surface area contributed by atoms with Crippen molar-refractivity contribution < 1.29 is 4.79 Å². The fourth-order valence-corrected chi connectivity index (χ4v) is 2.65. The number of hydrogen-bond acceptors (Lipinski definition) is 2. The Morgan fingerprint density at radius 3 is 2.82 bits per heavy atom. The van der Waals surface area contributed by atoms with Crippen molar-refractivity contribution in [3.63, 3.8) is 0 Å². The molecule has 0 bridgehead atoms. The maximum atomic E-state index is 11.3. The molecule has 0 saturated heterocycles. The number of anilines is 1. The number of imidazole rings is 1. The van der Waals surface area contributed by atoms with Crippen LogP contribution in [-0.4, -0.2) is 15.9 Å². The molecule has 110 valence electrons. The number of aromatic nitrogens is 2. The molecule has 1 amide bonds. The van der Waals surface area contributed by atoms with Gasteiger partial charge in [0.25, 0.3) is 0 Å². The number of allylic oxidation sites excluding steroid dienone is 1. The predicted octanol–water partition coefficient (Wildman–Crippen LogP) is 3.97. The molecule has 22 heavy (non-hydrogen) atoms. The summed E-state index contributed by atoms with van der Waals surface area (Å²) in [7, 11) is 0. The predicted molar refractivity (Wildman–Crippen MR) is 89.6 cm³/mol. The van der Waals surface area contributed by atoms with Gasteiger partial charge in [-0.05, 0) is 35.4 Å². The Hall–Kier alpha value is -2.88. The van der Waals surface area contributed by atoms with Crippen LogP contribution in [0.15, 0.2) is 55.0 Å². The molecule has 0 atom stereocenters. The third-order valence-electron chi connectivity index (χ3n) is 3.57. The van der Waals surface area contributed by atoms with E-state index < -0.39 is 0 Å². The quantitative estimate of drug-likeness (QED) is 0.767. The second-order valence-electron chi connectivity index (χ2n) is 5.09. The molecule has 1 heterocycles. The summed E-state index contributed by atoms with van der Waals surface area (Å²) in [5, 5.41) is 5.06. The van der Waals surface area contributed by atoms with Crippen molar-refractivity contribution >= 4 is 27.9 Å². The van der Waals surface area contributed by atoms with E-state index in [0.717, 1.165) is 33.3 Å². The Bertz CT molecular complexity index is 848. The molecule has 1 aromatic heterocycles. The van der Waals surface area contributed by atoms with E-state index in [1.54, 1.807) is 6.33 Å². The second kappa shape index (κ2) is 5.85. The first kappa shape index (κ1) is 14.1. The van der Waals surface area contributed by atoms with Gasteiger partial charge < -0.3 is 10.3 Å². The monoisotopic (exact) mass is 291 g/mol.